The molecule has 0 bridgehead atoms. The standard InChI is InChI=1S/C7H9N5O/c1-4-9-10-7-3-6(8-5(2)13)11-12(4)7/h3H2,1-2H3,(H,8,11,13). The van der Waals surface area contributed by atoms with E-state index in [1.807, 2.05) is 6.92 Å². The van der Waals surface area contributed by atoms with Gasteiger partial charge in [0.1, 0.15) is 5.84 Å². The molecule has 0 saturated carbocycles. The normalized spacial score (nSPS) is 13.8. The number of nitrogens with one attached hydrogen (secondary N) is 1. The lowest BCUT2D eigenvalue weighted by Crippen LogP contribution is -2.28. The molecule has 1 aliphatic rings. The summed E-state index contributed by atoms with van der Waals surface area (Å²) in [5.41, 5.74) is 0. The Kier molecular flexibility index (Phi) is 1.61. The first-order chi connectivity index (χ1) is 6.16. The summed E-state index contributed by atoms with van der Waals surface area (Å²) in [6.45, 7) is 3.27. The first-order valence-corrected chi connectivity index (χ1v) is 3.93. The molecule has 13 heavy (non-hydrogen) atoms. The molecule has 0 aliphatic carbocycles. The minimum atomic E-state index is -0.116. The Balaban J connectivity index is 2.24. The minimum Gasteiger partial charge on any atom is -0.313 e. The summed E-state index contributed by atoms with van der Waals surface area (Å²) < 4.78 is 1.63. The van der Waals surface area contributed by atoms with Gasteiger partial charge in [0.15, 0.2) is 11.6 Å². The quantitative estimate of drug-likeness (QED) is 0.580. The van der Waals surface area contributed by atoms with Crippen LogP contribution >= 0.6 is 0 Å². The van der Waals surface area contributed by atoms with Gasteiger partial charge in [-0.3, -0.25) is 4.79 Å². The molecular formula is C7H9N5O. The molecule has 1 N–H and O–H groups in total. The number of aromatic nitrogens is 3. The Morgan fingerprint density at radius 3 is 2.92 bits per heavy atom. The second-order valence-electron chi connectivity index (χ2n) is 2.88. The predicted molar refractivity (Wildman–Crippen MR) is 45.1 cm³/mol. The molecule has 0 fully saturated rings. The first-order valence-electron chi connectivity index (χ1n) is 3.93. The summed E-state index contributed by atoms with van der Waals surface area (Å²) in [6.07, 6.45) is 0.542. The van der Waals surface area contributed by atoms with E-state index < -0.39 is 0 Å². The Labute approximate surface area is 74.7 Å². The molecule has 1 aromatic rings. The van der Waals surface area contributed by atoms with Gasteiger partial charge >= 0.3 is 0 Å². The molecular weight excluding hydrogens is 170 g/mol. The summed E-state index contributed by atoms with van der Waals surface area (Å²) >= 11 is 0. The van der Waals surface area contributed by atoms with E-state index in [9.17, 15) is 4.79 Å². The highest BCUT2D eigenvalue weighted by Gasteiger charge is 2.18. The van der Waals surface area contributed by atoms with Gasteiger partial charge in [-0.25, -0.2) is 0 Å². The molecule has 6 nitrogen and oxygen atoms in total. The van der Waals surface area contributed by atoms with E-state index in [1.165, 1.54) is 6.92 Å². The van der Waals surface area contributed by atoms with Crippen molar-refractivity contribution in [2.75, 3.05) is 0 Å². The first kappa shape index (κ1) is 7.90. The second kappa shape index (κ2) is 2.65. The summed E-state index contributed by atoms with van der Waals surface area (Å²) in [5, 5.41) is 14.5. The number of amidine groups is 1. The fourth-order valence-corrected chi connectivity index (χ4v) is 1.22. The Morgan fingerprint density at radius 2 is 2.31 bits per heavy atom. The number of fused-ring (bicyclic) bond motifs is 1. The number of rotatable bonds is 0. The third-order valence-electron chi connectivity index (χ3n) is 1.73. The maximum Gasteiger partial charge on any atom is 0.222 e. The Hall–Kier alpha value is -1.72. The summed E-state index contributed by atoms with van der Waals surface area (Å²) in [6, 6.07) is 0. The summed E-state index contributed by atoms with van der Waals surface area (Å²) in [7, 11) is 0. The topological polar surface area (TPSA) is 72.2 Å². The maximum atomic E-state index is 10.7. The molecule has 0 radical (unpaired) electrons. The fourth-order valence-electron chi connectivity index (χ4n) is 1.22. The zero-order chi connectivity index (χ0) is 9.42. The lowest BCUT2D eigenvalue weighted by molar-refractivity contribution is -0.117. The smallest absolute Gasteiger partial charge is 0.222 e. The van der Waals surface area contributed by atoms with Gasteiger partial charge in [-0.2, -0.15) is 9.78 Å². The van der Waals surface area contributed by atoms with Crippen molar-refractivity contribution in [1.82, 2.24) is 20.2 Å². The number of aryl methyl sites for hydroxylation is 1. The second-order valence-corrected chi connectivity index (χ2v) is 2.88. The van der Waals surface area contributed by atoms with E-state index >= 15 is 0 Å². The number of amides is 1. The van der Waals surface area contributed by atoms with Crippen LogP contribution in [0.3, 0.4) is 0 Å². The molecule has 0 spiro atoms. The van der Waals surface area contributed by atoms with Crippen molar-refractivity contribution < 1.29 is 4.79 Å². The average molecular weight is 179 g/mol. The Bertz CT molecular complexity index is 392. The van der Waals surface area contributed by atoms with Crippen LogP contribution in [-0.2, 0) is 11.2 Å². The van der Waals surface area contributed by atoms with Crippen molar-refractivity contribution in [1.29, 1.82) is 0 Å². The van der Waals surface area contributed by atoms with Crippen LogP contribution in [0.4, 0.5) is 0 Å². The third-order valence-corrected chi connectivity index (χ3v) is 1.73. The van der Waals surface area contributed by atoms with E-state index in [2.05, 4.69) is 20.6 Å². The van der Waals surface area contributed by atoms with Crippen molar-refractivity contribution in [2.45, 2.75) is 20.3 Å². The number of nitrogens with zero attached hydrogens (tertiary/aromatic N) is 4. The minimum absolute atomic E-state index is 0.116. The maximum absolute atomic E-state index is 10.7. The lowest BCUT2D eigenvalue weighted by Gasteiger charge is -1.96. The van der Waals surface area contributed by atoms with E-state index in [0.717, 1.165) is 11.6 Å². The van der Waals surface area contributed by atoms with Crippen LogP contribution in [0.1, 0.15) is 18.6 Å². The zero-order valence-corrected chi connectivity index (χ0v) is 7.40. The van der Waals surface area contributed by atoms with E-state index in [0.29, 0.717) is 12.3 Å². The molecule has 2 heterocycles. The lowest BCUT2D eigenvalue weighted by atomic mass is 10.4. The molecule has 0 atom stereocenters. The van der Waals surface area contributed by atoms with Crippen molar-refractivity contribution in [2.24, 2.45) is 5.10 Å². The van der Waals surface area contributed by atoms with Gasteiger partial charge in [-0.15, -0.1) is 10.2 Å². The van der Waals surface area contributed by atoms with E-state index in [4.69, 9.17) is 0 Å². The van der Waals surface area contributed by atoms with Gasteiger partial charge in [0.25, 0.3) is 0 Å². The summed E-state index contributed by atoms with van der Waals surface area (Å²) in [4.78, 5) is 10.7. The van der Waals surface area contributed by atoms with Crippen LogP contribution in [-0.4, -0.2) is 26.6 Å². The number of carbonyl (C=O) groups is 1. The number of carbonyl (C=O) groups excluding carboxylic acids is 1. The van der Waals surface area contributed by atoms with Gasteiger partial charge in [-0.05, 0) is 6.92 Å². The van der Waals surface area contributed by atoms with Crippen LogP contribution < -0.4 is 5.32 Å². The molecule has 68 valence electrons. The predicted octanol–water partition coefficient (Wildman–Crippen LogP) is -0.560. The molecule has 6 heteroatoms. The van der Waals surface area contributed by atoms with Gasteiger partial charge in [0.2, 0.25) is 5.91 Å². The van der Waals surface area contributed by atoms with Crippen LogP contribution in [0.25, 0.3) is 0 Å². The van der Waals surface area contributed by atoms with Gasteiger partial charge in [0, 0.05) is 6.92 Å². The van der Waals surface area contributed by atoms with Crippen LogP contribution in [0.5, 0.6) is 0 Å². The van der Waals surface area contributed by atoms with Crippen molar-refractivity contribution in [3.05, 3.63) is 11.6 Å². The van der Waals surface area contributed by atoms with Gasteiger partial charge < -0.3 is 5.32 Å². The summed E-state index contributed by atoms with van der Waals surface area (Å²) in [5.74, 6) is 2.01. The highest BCUT2D eigenvalue weighted by molar-refractivity contribution is 5.98. The third kappa shape index (κ3) is 1.30. The highest BCUT2D eigenvalue weighted by atomic mass is 16.1. The van der Waals surface area contributed by atoms with Crippen LogP contribution in [0.2, 0.25) is 0 Å². The zero-order valence-electron chi connectivity index (χ0n) is 7.40. The highest BCUT2D eigenvalue weighted by Crippen LogP contribution is 2.08. The van der Waals surface area contributed by atoms with Gasteiger partial charge in [0.05, 0.1) is 6.42 Å². The van der Waals surface area contributed by atoms with Crippen molar-refractivity contribution in [3.8, 4) is 0 Å². The largest absolute Gasteiger partial charge is 0.313 e. The average Bonchev–Trinajstić information content (AvgIpc) is 2.53. The van der Waals surface area contributed by atoms with Crippen LogP contribution in [0, 0.1) is 6.92 Å². The fraction of sp³-hybridized carbons (Fsp3) is 0.429. The number of hydrogen-bond acceptors (Lipinski definition) is 4. The van der Waals surface area contributed by atoms with Crippen molar-refractivity contribution >= 4 is 11.7 Å². The van der Waals surface area contributed by atoms with E-state index in [-0.39, 0.29) is 5.91 Å². The van der Waals surface area contributed by atoms with E-state index in [1.54, 1.807) is 4.68 Å². The molecule has 2 rings (SSSR count). The van der Waals surface area contributed by atoms with Gasteiger partial charge in [-0.1, -0.05) is 0 Å². The monoisotopic (exact) mass is 179 g/mol. The molecule has 1 aliphatic heterocycles. The number of hydrogen-bond donors (Lipinski definition) is 1. The molecule has 0 saturated heterocycles. The molecule has 1 amide bonds. The SMILES string of the molecule is CC(=O)NC1=Nn2c(C)nnc2C1. The Morgan fingerprint density at radius 1 is 1.54 bits per heavy atom. The molecule has 1 aromatic heterocycles. The van der Waals surface area contributed by atoms with Crippen LogP contribution in [0.15, 0.2) is 5.10 Å². The molecule has 0 unspecified atom stereocenters. The molecule has 0 aromatic carbocycles. The van der Waals surface area contributed by atoms with Crippen molar-refractivity contribution in [3.63, 3.8) is 0 Å².